The molecule has 0 bridgehead atoms. The van der Waals surface area contributed by atoms with Crippen LogP contribution in [0.1, 0.15) is 31.7 Å². The number of unbranched alkanes of at least 4 members (excludes halogenated alkanes) is 2. The van der Waals surface area contributed by atoms with Crippen LogP contribution in [0.2, 0.25) is 0 Å². The largest absolute Gasteiger partial charge is 0.357 e. The third kappa shape index (κ3) is 6.93. The van der Waals surface area contributed by atoms with Crippen LogP contribution in [0, 0.1) is 0 Å². The van der Waals surface area contributed by atoms with Gasteiger partial charge in [0.2, 0.25) is 10.0 Å². The number of rotatable bonds is 4. The van der Waals surface area contributed by atoms with Crippen molar-refractivity contribution in [2.24, 2.45) is 10.3 Å². The Morgan fingerprint density at radius 2 is 2.05 bits per heavy atom. The summed E-state index contributed by atoms with van der Waals surface area (Å²) in [5.74, 6) is 1.01. The van der Waals surface area contributed by atoms with Gasteiger partial charge in [-0.05, 0) is 12.5 Å². The lowest BCUT2D eigenvalue weighted by molar-refractivity contribution is 0.334. The molecular weight excluding hydrogens is 264 g/mol. The number of nitrogens with zero attached hydrogens (tertiary/aromatic N) is 1. The molecule has 1 aliphatic heterocycles. The third-order valence-corrected chi connectivity index (χ3v) is 3.40. The second-order valence-corrected chi connectivity index (χ2v) is 6.00. The number of benzene rings is 1. The van der Waals surface area contributed by atoms with Crippen molar-refractivity contribution < 1.29 is 13.3 Å². The van der Waals surface area contributed by atoms with Crippen LogP contribution in [0.15, 0.2) is 29.4 Å². The first kappa shape index (κ1) is 15.7. The van der Waals surface area contributed by atoms with E-state index in [1.165, 1.54) is 5.56 Å². The molecule has 0 aromatic heterocycles. The first-order valence-corrected chi connectivity index (χ1v) is 8.01. The number of sulfonamides is 1. The van der Waals surface area contributed by atoms with Gasteiger partial charge in [-0.2, -0.15) is 0 Å². The zero-order chi connectivity index (χ0) is 14.1. The van der Waals surface area contributed by atoms with Gasteiger partial charge in [0.25, 0.3) is 0 Å². The normalized spacial score (nSPS) is 12.9. The van der Waals surface area contributed by atoms with Crippen LogP contribution in [-0.2, 0) is 16.4 Å². The minimum atomic E-state index is -3.20. The fourth-order valence-electron chi connectivity index (χ4n) is 1.54. The topological polar surface area (TPSA) is 81.8 Å². The molecule has 1 aliphatic rings. The van der Waals surface area contributed by atoms with Crippen molar-refractivity contribution in [2.45, 2.75) is 32.6 Å². The van der Waals surface area contributed by atoms with E-state index in [2.05, 4.69) is 5.16 Å². The van der Waals surface area contributed by atoms with E-state index in [1.54, 1.807) is 6.21 Å². The summed E-state index contributed by atoms with van der Waals surface area (Å²) in [5.41, 5.74) is 1.21. The number of primary sulfonamides is 1. The van der Waals surface area contributed by atoms with Crippen molar-refractivity contribution in [2.75, 3.05) is 5.75 Å². The maximum absolute atomic E-state index is 10.3. The lowest BCUT2D eigenvalue weighted by atomic mass is 10.1. The van der Waals surface area contributed by atoms with E-state index in [4.69, 9.17) is 9.98 Å². The first-order chi connectivity index (χ1) is 9.03. The van der Waals surface area contributed by atoms with E-state index in [1.807, 2.05) is 31.2 Å². The molecule has 0 saturated carbocycles. The van der Waals surface area contributed by atoms with Gasteiger partial charge in [-0.1, -0.05) is 43.1 Å². The zero-order valence-corrected chi connectivity index (χ0v) is 11.9. The van der Waals surface area contributed by atoms with Crippen molar-refractivity contribution in [1.29, 1.82) is 0 Å². The fourth-order valence-corrected chi connectivity index (χ4v) is 2.15. The molecule has 0 spiro atoms. The smallest absolute Gasteiger partial charge is 0.209 e. The van der Waals surface area contributed by atoms with Crippen LogP contribution in [-0.4, -0.2) is 20.4 Å². The number of hydrogen-bond donors (Lipinski definition) is 1. The van der Waals surface area contributed by atoms with Crippen LogP contribution >= 0.6 is 0 Å². The van der Waals surface area contributed by atoms with Crippen molar-refractivity contribution in [1.82, 2.24) is 0 Å². The van der Waals surface area contributed by atoms with Gasteiger partial charge in [0.15, 0.2) is 5.75 Å². The molecule has 0 unspecified atom stereocenters. The quantitative estimate of drug-likeness (QED) is 0.859. The Hall–Kier alpha value is -1.40. The number of nitrogens with two attached hydrogens (primary N) is 1. The highest BCUT2D eigenvalue weighted by atomic mass is 32.2. The lowest BCUT2D eigenvalue weighted by Gasteiger charge is -2.07. The van der Waals surface area contributed by atoms with Crippen LogP contribution in [0.5, 0.6) is 5.75 Å². The summed E-state index contributed by atoms with van der Waals surface area (Å²) in [7, 11) is -3.20. The molecule has 0 fully saturated rings. The molecule has 0 saturated heterocycles. The number of para-hydroxylation sites is 1. The van der Waals surface area contributed by atoms with Gasteiger partial charge in [-0.15, -0.1) is 0 Å². The Labute approximate surface area is 114 Å². The van der Waals surface area contributed by atoms with E-state index in [-0.39, 0.29) is 5.75 Å². The molecular formula is C13H20N2O3S. The average molecular weight is 284 g/mol. The summed E-state index contributed by atoms with van der Waals surface area (Å²) in [6.07, 6.45) is 5.31. The van der Waals surface area contributed by atoms with Gasteiger partial charge >= 0.3 is 0 Å². The Morgan fingerprint density at radius 3 is 2.68 bits per heavy atom. The first-order valence-electron chi connectivity index (χ1n) is 6.30. The van der Waals surface area contributed by atoms with Crippen molar-refractivity contribution in [3.05, 3.63) is 29.8 Å². The van der Waals surface area contributed by atoms with Crippen LogP contribution in [0.4, 0.5) is 0 Å². The molecule has 6 heteroatoms. The SMILES string of the molecule is C1=NOc2ccccc2C1.CCCCCS(N)(=O)=O. The Kier molecular flexibility index (Phi) is 6.52. The minimum absolute atomic E-state index is 0.126. The number of fused-ring (bicyclic) bond motifs is 1. The van der Waals surface area contributed by atoms with Crippen molar-refractivity contribution in [3.8, 4) is 5.75 Å². The highest BCUT2D eigenvalue weighted by Gasteiger charge is 2.04. The molecule has 1 heterocycles. The molecule has 1 aromatic rings. The van der Waals surface area contributed by atoms with Gasteiger partial charge in [-0.25, -0.2) is 13.6 Å². The summed E-state index contributed by atoms with van der Waals surface area (Å²) in [4.78, 5) is 4.99. The third-order valence-electron chi connectivity index (χ3n) is 2.54. The van der Waals surface area contributed by atoms with E-state index in [9.17, 15) is 8.42 Å². The van der Waals surface area contributed by atoms with E-state index in [0.717, 1.165) is 25.0 Å². The van der Waals surface area contributed by atoms with Gasteiger partial charge in [0.05, 0.1) is 5.75 Å². The van der Waals surface area contributed by atoms with E-state index in [0.29, 0.717) is 6.42 Å². The molecule has 0 atom stereocenters. The average Bonchev–Trinajstić information content (AvgIpc) is 2.39. The zero-order valence-electron chi connectivity index (χ0n) is 11.1. The Balaban J connectivity index is 0.000000192. The fraction of sp³-hybridized carbons (Fsp3) is 0.462. The highest BCUT2D eigenvalue weighted by molar-refractivity contribution is 7.89. The lowest BCUT2D eigenvalue weighted by Crippen LogP contribution is -2.16. The van der Waals surface area contributed by atoms with E-state index < -0.39 is 10.0 Å². The highest BCUT2D eigenvalue weighted by Crippen LogP contribution is 2.20. The minimum Gasteiger partial charge on any atom is -0.357 e. The molecule has 2 rings (SSSR count). The van der Waals surface area contributed by atoms with Crippen LogP contribution in [0.25, 0.3) is 0 Å². The number of oxime groups is 1. The van der Waals surface area contributed by atoms with Crippen molar-refractivity contribution >= 4 is 16.2 Å². The number of hydrogen-bond acceptors (Lipinski definition) is 4. The second-order valence-electron chi connectivity index (χ2n) is 4.27. The van der Waals surface area contributed by atoms with E-state index >= 15 is 0 Å². The molecule has 106 valence electrons. The molecule has 5 nitrogen and oxygen atoms in total. The molecule has 0 amide bonds. The Bertz CT molecular complexity index is 485. The predicted molar refractivity (Wildman–Crippen MR) is 76.8 cm³/mol. The standard InChI is InChI=1S/C8H7NO.C5H13NO2S/c1-2-4-8-7(3-1)5-6-9-10-8;1-2-3-4-5-9(6,7)8/h1-4,6H,5H2;2-5H2,1H3,(H2,6,7,8). The predicted octanol–water partition coefficient (Wildman–Crippen LogP) is 2.07. The molecule has 2 N–H and O–H groups in total. The maximum atomic E-state index is 10.3. The summed E-state index contributed by atoms with van der Waals surface area (Å²) < 4.78 is 20.6. The molecule has 0 aliphatic carbocycles. The maximum Gasteiger partial charge on any atom is 0.209 e. The van der Waals surface area contributed by atoms with Crippen molar-refractivity contribution in [3.63, 3.8) is 0 Å². The summed E-state index contributed by atoms with van der Waals surface area (Å²) in [6, 6.07) is 7.91. The second kappa shape index (κ2) is 7.91. The van der Waals surface area contributed by atoms with Crippen LogP contribution < -0.4 is 9.98 Å². The summed E-state index contributed by atoms with van der Waals surface area (Å²) >= 11 is 0. The molecule has 19 heavy (non-hydrogen) atoms. The summed E-state index contributed by atoms with van der Waals surface area (Å²) in [5, 5.41) is 8.44. The van der Waals surface area contributed by atoms with Gasteiger partial charge in [0.1, 0.15) is 0 Å². The molecule has 0 radical (unpaired) electrons. The van der Waals surface area contributed by atoms with Crippen LogP contribution in [0.3, 0.4) is 0 Å². The monoisotopic (exact) mass is 284 g/mol. The molecule has 1 aromatic carbocycles. The van der Waals surface area contributed by atoms with Gasteiger partial charge in [-0.3, -0.25) is 0 Å². The van der Waals surface area contributed by atoms with Gasteiger partial charge < -0.3 is 4.84 Å². The van der Waals surface area contributed by atoms with Gasteiger partial charge in [0, 0.05) is 18.2 Å². The Morgan fingerprint density at radius 1 is 1.32 bits per heavy atom. The summed E-state index contributed by atoms with van der Waals surface area (Å²) in [6.45, 7) is 2.02.